The maximum atomic E-state index is 12.2. The van der Waals surface area contributed by atoms with Crippen molar-refractivity contribution >= 4 is 17.7 Å². The molecule has 7 nitrogen and oxygen atoms in total. The van der Waals surface area contributed by atoms with Gasteiger partial charge in [-0.25, -0.2) is 0 Å². The third-order valence-electron chi connectivity index (χ3n) is 5.66. The molecule has 0 amide bonds. The third-order valence-corrected chi connectivity index (χ3v) is 5.66. The lowest BCUT2D eigenvalue weighted by molar-refractivity contribution is -0.873. The molecule has 0 aromatic carbocycles. The Hall–Kier alpha value is -2.25. The van der Waals surface area contributed by atoms with Crippen LogP contribution in [0.4, 0.5) is 0 Å². The first-order chi connectivity index (χ1) is 16.0. The molecule has 2 atom stereocenters. The summed E-state index contributed by atoms with van der Waals surface area (Å²) in [5.74, 6) is -1.20. The molecule has 0 aliphatic heterocycles. The number of likely N-dealkylation sites (N-methyl/N-ethyl adjacent to an activating group) is 1. The number of carboxylic acids is 1. The van der Waals surface area contributed by atoms with Crippen LogP contribution in [-0.2, 0) is 19.1 Å². The van der Waals surface area contributed by atoms with Gasteiger partial charge in [0, 0.05) is 18.4 Å². The van der Waals surface area contributed by atoms with E-state index in [0.29, 0.717) is 36.7 Å². The van der Waals surface area contributed by atoms with Gasteiger partial charge in [0.15, 0.2) is 11.9 Å². The molecule has 192 valence electrons. The molecule has 7 heteroatoms. The van der Waals surface area contributed by atoms with Crippen molar-refractivity contribution < 1.29 is 33.8 Å². The molecule has 0 aromatic rings. The molecule has 1 rings (SSSR count). The average Bonchev–Trinajstić information content (AvgIpc) is 3.07. The number of carbonyl (C=O) groups is 3. The minimum atomic E-state index is -0.981. The summed E-state index contributed by atoms with van der Waals surface area (Å²) in [7, 11) is 5.78. The quantitative estimate of drug-likeness (QED) is 0.139. The summed E-state index contributed by atoms with van der Waals surface area (Å²) in [6.45, 7) is 2.57. The third kappa shape index (κ3) is 13.5. The number of quaternary nitrogens is 1. The van der Waals surface area contributed by atoms with Gasteiger partial charge >= 0.3 is 11.9 Å². The van der Waals surface area contributed by atoms with E-state index in [-0.39, 0.29) is 24.6 Å². The van der Waals surface area contributed by atoms with Crippen molar-refractivity contribution in [2.24, 2.45) is 0 Å². The van der Waals surface area contributed by atoms with Crippen LogP contribution in [0.25, 0.3) is 0 Å². The van der Waals surface area contributed by atoms with Crippen LogP contribution in [-0.4, -0.2) is 72.3 Å². The summed E-state index contributed by atoms with van der Waals surface area (Å²) in [6, 6.07) is 0. The second kappa shape index (κ2) is 15.6. The summed E-state index contributed by atoms with van der Waals surface area (Å²) in [5.41, 5.74) is 1.82. The van der Waals surface area contributed by atoms with E-state index in [1.165, 1.54) is 0 Å². The number of hydrogen-bond acceptors (Lipinski definition) is 5. The normalized spacial score (nSPS) is 16.6. The Kier molecular flexibility index (Phi) is 13.7. The molecule has 0 bridgehead atoms. The Morgan fingerprint density at radius 1 is 1.12 bits per heavy atom. The van der Waals surface area contributed by atoms with E-state index in [9.17, 15) is 19.5 Å². The number of hydrogen-bond donors (Lipinski definition) is 2. The van der Waals surface area contributed by atoms with Gasteiger partial charge in [-0.05, 0) is 37.7 Å². The lowest BCUT2D eigenvalue weighted by Crippen LogP contribution is -2.43. The molecule has 0 saturated carbocycles. The van der Waals surface area contributed by atoms with Gasteiger partial charge in [-0.15, -0.1) is 0 Å². The number of Topliss-reactive ketones (excluding diaryl/α,β-unsaturated/α-hetero) is 1. The summed E-state index contributed by atoms with van der Waals surface area (Å²) < 4.78 is 5.90. The van der Waals surface area contributed by atoms with Gasteiger partial charge < -0.3 is 19.4 Å². The van der Waals surface area contributed by atoms with Crippen LogP contribution in [0, 0.1) is 0 Å². The van der Waals surface area contributed by atoms with Crippen molar-refractivity contribution in [3.63, 3.8) is 0 Å². The van der Waals surface area contributed by atoms with Crippen molar-refractivity contribution in [3.05, 3.63) is 35.5 Å². The zero-order valence-electron chi connectivity index (χ0n) is 21.4. The lowest BCUT2D eigenvalue weighted by atomic mass is 10.0. The number of aliphatic carboxylic acids is 1. The van der Waals surface area contributed by atoms with Gasteiger partial charge in [-0.1, -0.05) is 50.5 Å². The van der Waals surface area contributed by atoms with Gasteiger partial charge in [0.25, 0.3) is 0 Å². The molecule has 0 heterocycles. The van der Waals surface area contributed by atoms with Crippen LogP contribution in [0.5, 0.6) is 0 Å². The molecule has 0 spiro atoms. The van der Waals surface area contributed by atoms with Gasteiger partial charge in [-0.2, -0.15) is 0 Å². The number of aliphatic hydroxyl groups excluding tert-OH is 1. The topological polar surface area (TPSA) is 101 Å². The number of aliphatic hydroxyl groups is 1. The lowest BCUT2D eigenvalue weighted by Gasteiger charge is -2.28. The molecule has 0 aromatic heterocycles. The van der Waals surface area contributed by atoms with E-state index >= 15 is 0 Å². The van der Waals surface area contributed by atoms with Crippen LogP contribution in [0.15, 0.2) is 35.5 Å². The fourth-order valence-corrected chi connectivity index (χ4v) is 3.96. The Bertz CT molecular complexity index is 760. The first kappa shape index (κ1) is 29.8. The molecule has 34 heavy (non-hydrogen) atoms. The molecular weight excluding hydrogens is 434 g/mol. The highest BCUT2D eigenvalue weighted by molar-refractivity contribution is 5.99. The summed E-state index contributed by atoms with van der Waals surface area (Å²) in [4.78, 5) is 35.4. The van der Waals surface area contributed by atoms with E-state index in [2.05, 4.69) is 6.92 Å². The first-order valence-corrected chi connectivity index (χ1v) is 12.5. The highest BCUT2D eigenvalue weighted by Gasteiger charge is 2.24. The van der Waals surface area contributed by atoms with Crippen molar-refractivity contribution in [2.45, 2.75) is 89.8 Å². The van der Waals surface area contributed by atoms with Crippen LogP contribution in [0.3, 0.4) is 0 Å². The highest BCUT2D eigenvalue weighted by Crippen LogP contribution is 2.27. The van der Waals surface area contributed by atoms with Crippen molar-refractivity contribution in [1.29, 1.82) is 0 Å². The van der Waals surface area contributed by atoms with E-state index in [0.717, 1.165) is 43.3 Å². The monoisotopic (exact) mass is 478 g/mol. The number of allylic oxidation sites excluding steroid dienone is 5. The van der Waals surface area contributed by atoms with E-state index in [1.54, 1.807) is 6.08 Å². The van der Waals surface area contributed by atoms with Crippen LogP contribution in [0.2, 0.25) is 0 Å². The fraction of sp³-hybridized carbons (Fsp3) is 0.667. The molecule has 2 N–H and O–H groups in total. The van der Waals surface area contributed by atoms with E-state index in [4.69, 9.17) is 9.84 Å². The summed E-state index contributed by atoms with van der Waals surface area (Å²) >= 11 is 0. The maximum absolute atomic E-state index is 12.2. The van der Waals surface area contributed by atoms with Crippen LogP contribution < -0.4 is 0 Å². The number of esters is 1. The van der Waals surface area contributed by atoms with E-state index < -0.39 is 18.2 Å². The van der Waals surface area contributed by atoms with Crippen molar-refractivity contribution in [3.8, 4) is 0 Å². The number of rotatable bonds is 17. The highest BCUT2D eigenvalue weighted by atomic mass is 16.5. The largest absolute Gasteiger partial charge is 0.481 e. The number of ketones is 1. The predicted octanol–water partition coefficient (Wildman–Crippen LogP) is 4.35. The molecule has 0 radical (unpaired) electrons. The smallest absolute Gasteiger partial charge is 0.307 e. The fourth-order valence-electron chi connectivity index (χ4n) is 3.96. The summed E-state index contributed by atoms with van der Waals surface area (Å²) in [6.07, 6.45) is 13.6. The Morgan fingerprint density at radius 2 is 1.85 bits per heavy atom. The zero-order chi connectivity index (χ0) is 25.6. The van der Waals surface area contributed by atoms with Gasteiger partial charge in [0.05, 0.1) is 33.7 Å². The molecular formula is C27H44NO6+. The average molecular weight is 479 g/mol. The molecule has 2 unspecified atom stereocenters. The van der Waals surface area contributed by atoms with Crippen LogP contribution >= 0.6 is 0 Å². The molecule has 0 saturated heterocycles. The van der Waals surface area contributed by atoms with Gasteiger partial charge in [0.1, 0.15) is 6.54 Å². The van der Waals surface area contributed by atoms with Gasteiger partial charge in [-0.3, -0.25) is 14.4 Å². The second-order valence-corrected chi connectivity index (χ2v) is 10.1. The predicted molar refractivity (Wildman–Crippen MR) is 133 cm³/mol. The number of nitrogens with zero attached hydrogens (tertiary/aromatic N) is 1. The maximum Gasteiger partial charge on any atom is 0.307 e. The number of carbonyl (C=O) groups excluding carboxylic acids is 2. The van der Waals surface area contributed by atoms with Gasteiger partial charge in [0.2, 0.25) is 0 Å². The minimum absolute atomic E-state index is 0.162. The van der Waals surface area contributed by atoms with Crippen molar-refractivity contribution in [1.82, 2.24) is 0 Å². The Labute approximate surface area is 204 Å². The zero-order valence-corrected chi connectivity index (χ0v) is 21.4. The first-order valence-electron chi connectivity index (χ1n) is 12.5. The number of carboxylic acid groups (broad SMARTS) is 1. The Balaban J connectivity index is 2.46. The number of ether oxygens (including phenoxy) is 1. The van der Waals surface area contributed by atoms with Crippen molar-refractivity contribution in [2.75, 3.05) is 27.7 Å². The Morgan fingerprint density at radius 3 is 2.50 bits per heavy atom. The molecule has 0 fully saturated rings. The minimum Gasteiger partial charge on any atom is -0.481 e. The van der Waals surface area contributed by atoms with Crippen LogP contribution in [0.1, 0.15) is 77.6 Å². The standard InChI is InChI=1S/C27H43NO6/c1-5-6-9-12-22(29)17-15-21-16-18-25(30)24(21)13-10-7-8-11-14-27(33)34-23(19-26(31)32)20-28(2,3)4/h7,10,15,17,22-23,29H,5-6,8-9,11-14,16,18-20H2,1-4H3/p+1/b10-7+,17-15+. The number of unbranched alkanes of at least 4 members (excludes halogenated alkanes) is 3. The summed E-state index contributed by atoms with van der Waals surface area (Å²) in [5, 5.41) is 19.1. The molecule has 1 aliphatic rings. The SMILES string of the molecule is CCCCCC(O)/C=C/C1=C(C/C=C/CCCC(=O)OC(CC(=O)O)C[N+](C)(C)C)C(=O)CC1. The van der Waals surface area contributed by atoms with E-state index in [1.807, 2.05) is 39.4 Å². The second-order valence-electron chi connectivity index (χ2n) is 10.1. The molecule has 1 aliphatic carbocycles.